The van der Waals surface area contributed by atoms with E-state index in [0.717, 1.165) is 29.3 Å². The third-order valence-electron chi connectivity index (χ3n) is 4.86. The van der Waals surface area contributed by atoms with E-state index in [9.17, 15) is 4.79 Å². The molecular formula is C20H21N5O. The predicted octanol–water partition coefficient (Wildman–Crippen LogP) is 2.98. The van der Waals surface area contributed by atoms with E-state index in [-0.39, 0.29) is 5.91 Å². The van der Waals surface area contributed by atoms with Gasteiger partial charge in [0.15, 0.2) is 5.69 Å². The van der Waals surface area contributed by atoms with Crippen molar-refractivity contribution in [1.29, 1.82) is 0 Å². The van der Waals surface area contributed by atoms with Crippen LogP contribution in [0.3, 0.4) is 0 Å². The van der Waals surface area contributed by atoms with Gasteiger partial charge < -0.3 is 9.80 Å². The third-order valence-corrected chi connectivity index (χ3v) is 4.86. The molecule has 132 valence electrons. The van der Waals surface area contributed by atoms with E-state index in [1.165, 1.54) is 5.56 Å². The van der Waals surface area contributed by atoms with Crippen molar-refractivity contribution in [2.24, 2.45) is 0 Å². The van der Waals surface area contributed by atoms with Gasteiger partial charge in [0, 0.05) is 20.1 Å². The highest BCUT2D eigenvalue weighted by atomic mass is 16.2. The number of likely N-dealkylation sites (N-methyl/N-ethyl adjacent to an activating group) is 1. The number of hydrogen-bond acceptors (Lipinski definition) is 4. The smallest absolute Gasteiger partial charge is 0.280 e. The number of fused-ring (bicyclic) bond motifs is 1. The summed E-state index contributed by atoms with van der Waals surface area (Å²) in [6.07, 6.45) is 0. The zero-order valence-corrected chi connectivity index (χ0v) is 15.2. The number of aryl methyl sites for hydroxylation is 1. The summed E-state index contributed by atoms with van der Waals surface area (Å²) in [6, 6.07) is 16.0. The zero-order valence-electron chi connectivity index (χ0n) is 15.2. The number of nitrogens with zero attached hydrogens (tertiary/aromatic N) is 5. The number of amides is 1. The van der Waals surface area contributed by atoms with E-state index in [1.54, 1.807) is 9.58 Å². The molecule has 2 aromatic carbocycles. The summed E-state index contributed by atoms with van der Waals surface area (Å²) < 4.78 is 1.72. The van der Waals surface area contributed by atoms with E-state index < -0.39 is 0 Å². The molecule has 2 heterocycles. The molecule has 1 aliphatic heterocycles. The molecule has 0 bridgehead atoms. The molecule has 0 atom stereocenters. The Labute approximate surface area is 152 Å². The Hall–Kier alpha value is -3.15. The molecule has 6 nitrogen and oxygen atoms in total. The maximum absolute atomic E-state index is 13.2. The van der Waals surface area contributed by atoms with Gasteiger partial charge in [-0.05, 0) is 38.1 Å². The lowest BCUT2D eigenvalue weighted by Crippen LogP contribution is -2.43. The number of anilines is 2. The van der Waals surface area contributed by atoms with Crippen LogP contribution in [0.4, 0.5) is 11.4 Å². The van der Waals surface area contributed by atoms with Crippen LogP contribution >= 0.6 is 0 Å². The van der Waals surface area contributed by atoms with Crippen LogP contribution in [0.2, 0.25) is 0 Å². The van der Waals surface area contributed by atoms with Crippen molar-refractivity contribution in [1.82, 2.24) is 15.0 Å². The fourth-order valence-electron chi connectivity index (χ4n) is 3.30. The van der Waals surface area contributed by atoms with Crippen LogP contribution in [0.1, 0.15) is 21.7 Å². The van der Waals surface area contributed by atoms with Gasteiger partial charge in [-0.3, -0.25) is 4.79 Å². The Kier molecular flexibility index (Phi) is 3.95. The second kappa shape index (κ2) is 6.29. The molecule has 6 heteroatoms. The van der Waals surface area contributed by atoms with E-state index in [2.05, 4.69) is 15.2 Å². The minimum absolute atomic E-state index is 0.110. The number of carbonyl (C=O) groups excluding carboxylic acids is 1. The van der Waals surface area contributed by atoms with Crippen LogP contribution in [0.25, 0.3) is 5.69 Å². The highest BCUT2D eigenvalue weighted by Crippen LogP contribution is 2.32. The quantitative estimate of drug-likeness (QED) is 0.715. The van der Waals surface area contributed by atoms with Gasteiger partial charge in [0.2, 0.25) is 0 Å². The topological polar surface area (TPSA) is 54.3 Å². The fraction of sp³-hybridized carbons (Fsp3) is 0.250. The minimum Gasteiger partial charge on any atom is -0.371 e. The molecule has 1 aliphatic rings. The molecule has 0 aliphatic carbocycles. The van der Waals surface area contributed by atoms with Crippen molar-refractivity contribution in [3.8, 4) is 5.69 Å². The van der Waals surface area contributed by atoms with E-state index in [1.807, 2.05) is 69.4 Å². The normalized spacial score (nSPS) is 13.7. The van der Waals surface area contributed by atoms with Crippen LogP contribution in [0, 0.1) is 13.8 Å². The van der Waals surface area contributed by atoms with Crippen molar-refractivity contribution in [2.75, 3.05) is 29.9 Å². The first-order chi connectivity index (χ1) is 12.6. The van der Waals surface area contributed by atoms with E-state index in [0.29, 0.717) is 12.2 Å². The first-order valence-corrected chi connectivity index (χ1v) is 8.67. The molecule has 1 amide bonds. The first kappa shape index (κ1) is 16.3. The van der Waals surface area contributed by atoms with Crippen molar-refractivity contribution in [3.63, 3.8) is 0 Å². The van der Waals surface area contributed by atoms with Crippen molar-refractivity contribution < 1.29 is 4.79 Å². The van der Waals surface area contributed by atoms with Gasteiger partial charge in [-0.1, -0.05) is 35.0 Å². The fourth-order valence-corrected chi connectivity index (χ4v) is 3.30. The monoisotopic (exact) mass is 347 g/mol. The molecule has 1 aromatic heterocycles. The Morgan fingerprint density at radius 3 is 2.38 bits per heavy atom. The summed E-state index contributed by atoms with van der Waals surface area (Å²) in [5, 5.41) is 8.40. The lowest BCUT2D eigenvalue weighted by atomic mass is 10.1. The number of hydrogen-bond donors (Lipinski definition) is 0. The van der Waals surface area contributed by atoms with Gasteiger partial charge in [0.25, 0.3) is 5.91 Å². The molecule has 0 spiro atoms. The van der Waals surface area contributed by atoms with Gasteiger partial charge in [0.05, 0.1) is 22.8 Å². The van der Waals surface area contributed by atoms with Crippen LogP contribution < -0.4 is 9.80 Å². The summed E-state index contributed by atoms with van der Waals surface area (Å²) in [5.41, 5.74) is 5.18. The molecule has 26 heavy (non-hydrogen) atoms. The molecular weight excluding hydrogens is 326 g/mol. The molecule has 0 fully saturated rings. The Balaban J connectivity index is 1.70. The van der Waals surface area contributed by atoms with Gasteiger partial charge in [0.1, 0.15) is 0 Å². The maximum Gasteiger partial charge on any atom is 0.280 e. The van der Waals surface area contributed by atoms with Crippen LogP contribution in [-0.4, -0.2) is 41.0 Å². The number of benzene rings is 2. The van der Waals surface area contributed by atoms with Gasteiger partial charge in [-0.25, -0.2) is 4.68 Å². The van der Waals surface area contributed by atoms with Crippen molar-refractivity contribution in [3.05, 3.63) is 65.5 Å². The highest BCUT2D eigenvalue weighted by Gasteiger charge is 2.29. The highest BCUT2D eigenvalue weighted by molar-refractivity contribution is 6.07. The first-order valence-electron chi connectivity index (χ1n) is 8.67. The summed E-state index contributed by atoms with van der Waals surface area (Å²) in [5.74, 6) is -0.110. The molecule has 3 aromatic rings. The second-order valence-electron chi connectivity index (χ2n) is 6.64. The second-order valence-corrected chi connectivity index (χ2v) is 6.64. The van der Waals surface area contributed by atoms with Crippen LogP contribution in [0.5, 0.6) is 0 Å². The van der Waals surface area contributed by atoms with Crippen molar-refractivity contribution >= 4 is 17.3 Å². The summed E-state index contributed by atoms with van der Waals surface area (Å²) >= 11 is 0. The lowest BCUT2D eigenvalue weighted by molar-refractivity contribution is 0.0981. The molecule has 4 rings (SSSR count). The Bertz CT molecular complexity index is 961. The average Bonchev–Trinajstić information content (AvgIpc) is 3.04. The molecule has 0 N–H and O–H groups in total. The van der Waals surface area contributed by atoms with Gasteiger partial charge in [-0.15, -0.1) is 5.10 Å². The van der Waals surface area contributed by atoms with E-state index in [4.69, 9.17) is 0 Å². The average molecular weight is 347 g/mol. The molecule has 0 saturated carbocycles. The molecule has 0 saturated heterocycles. The molecule has 0 unspecified atom stereocenters. The zero-order chi connectivity index (χ0) is 18.3. The Morgan fingerprint density at radius 1 is 0.962 bits per heavy atom. The number of para-hydroxylation sites is 2. The number of aromatic nitrogens is 3. The van der Waals surface area contributed by atoms with Gasteiger partial charge >= 0.3 is 0 Å². The predicted molar refractivity (Wildman–Crippen MR) is 102 cm³/mol. The van der Waals surface area contributed by atoms with Crippen molar-refractivity contribution in [2.45, 2.75) is 13.8 Å². The van der Waals surface area contributed by atoms with Crippen LogP contribution in [0.15, 0.2) is 48.5 Å². The van der Waals surface area contributed by atoms with Crippen LogP contribution in [-0.2, 0) is 0 Å². The van der Waals surface area contributed by atoms with E-state index >= 15 is 0 Å². The Morgan fingerprint density at radius 2 is 1.65 bits per heavy atom. The summed E-state index contributed by atoms with van der Waals surface area (Å²) in [7, 11) is 2.04. The summed E-state index contributed by atoms with van der Waals surface area (Å²) in [4.78, 5) is 17.1. The van der Waals surface area contributed by atoms with Gasteiger partial charge in [-0.2, -0.15) is 0 Å². The third kappa shape index (κ3) is 2.63. The largest absolute Gasteiger partial charge is 0.371 e. The number of carbonyl (C=O) groups is 1. The minimum atomic E-state index is -0.110. The standard InChI is InChI=1S/C20H21N5O/c1-14-8-10-16(11-9-14)25-15(2)19(21-22-25)20(26)24-13-12-23(3)17-6-4-5-7-18(17)24/h4-11H,12-13H2,1-3H3. The maximum atomic E-state index is 13.2. The number of rotatable bonds is 2. The SMILES string of the molecule is Cc1ccc(-n2nnc(C(=O)N3CCN(C)c4ccccc43)c2C)cc1. The molecule has 0 radical (unpaired) electrons. The summed E-state index contributed by atoms with van der Waals surface area (Å²) in [6.45, 7) is 5.34. The lowest BCUT2D eigenvalue weighted by Gasteiger charge is -2.35.